The van der Waals surface area contributed by atoms with Crippen LogP contribution in [0.1, 0.15) is 77.4 Å². The molecule has 0 spiro atoms. The van der Waals surface area contributed by atoms with Gasteiger partial charge in [0, 0.05) is 22.7 Å². The maximum Gasteiger partial charge on any atom is 0.318 e. The summed E-state index contributed by atoms with van der Waals surface area (Å²) in [6.45, 7) is 2.80. The van der Waals surface area contributed by atoms with Crippen molar-refractivity contribution < 1.29 is 4.79 Å². The normalized spacial score (nSPS) is 20.4. The second-order valence-corrected chi connectivity index (χ2v) is 10.8. The Morgan fingerprint density at radius 1 is 1.00 bits per heavy atom. The molecular weight excluding hydrogens is 414 g/mol. The lowest BCUT2D eigenvalue weighted by atomic mass is 9.95. The van der Waals surface area contributed by atoms with Gasteiger partial charge in [-0.1, -0.05) is 42.7 Å². The largest absolute Gasteiger partial charge is 0.335 e. The summed E-state index contributed by atoms with van der Waals surface area (Å²) in [6, 6.07) is 13.4. The van der Waals surface area contributed by atoms with E-state index in [-0.39, 0.29) is 12.1 Å². The van der Waals surface area contributed by atoms with Crippen LogP contribution in [0.2, 0.25) is 0 Å². The van der Waals surface area contributed by atoms with Crippen molar-refractivity contribution in [2.24, 2.45) is 0 Å². The average Bonchev–Trinajstić information content (AvgIpc) is 3.54. The summed E-state index contributed by atoms with van der Waals surface area (Å²) >= 11 is 1.95. The molecule has 5 heteroatoms. The van der Waals surface area contributed by atoms with E-state index in [4.69, 9.17) is 0 Å². The first-order chi connectivity index (χ1) is 15.7. The van der Waals surface area contributed by atoms with Gasteiger partial charge >= 0.3 is 6.03 Å². The van der Waals surface area contributed by atoms with E-state index in [0.29, 0.717) is 12.6 Å². The van der Waals surface area contributed by atoms with Crippen LogP contribution in [0.3, 0.4) is 0 Å². The predicted octanol–water partition coefficient (Wildman–Crippen LogP) is 6.28. The molecule has 3 heterocycles. The minimum atomic E-state index is -0.0918. The van der Waals surface area contributed by atoms with E-state index < -0.39 is 0 Å². The number of hydrogen-bond donors (Lipinski definition) is 1. The predicted molar refractivity (Wildman–Crippen MR) is 130 cm³/mol. The number of thiophene rings is 1. The van der Waals surface area contributed by atoms with Crippen LogP contribution in [-0.2, 0) is 19.4 Å². The van der Waals surface area contributed by atoms with Crippen molar-refractivity contribution in [2.45, 2.75) is 76.9 Å². The molecule has 2 aromatic heterocycles. The lowest BCUT2D eigenvalue weighted by molar-refractivity contribution is 0.176. The number of benzene rings is 1. The molecule has 166 valence electrons. The van der Waals surface area contributed by atoms with Gasteiger partial charge in [0.1, 0.15) is 5.00 Å². The number of hydrogen-bond acceptors (Lipinski definition) is 2. The van der Waals surface area contributed by atoms with Crippen molar-refractivity contribution in [1.29, 1.82) is 0 Å². The number of urea groups is 1. The lowest BCUT2D eigenvalue weighted by Gasteiger charge is -2.32. The number of aromatic nitrogens is 1. The molecule has 32 heavy (non-hydrogen) atoms. The highest BCUT2D eigenvalue weighted by atomic mass is 32.1. The van der Waals surface area contributed by atoms with Crippen LogP contribution >= 0.6 is 11.3 Å². The summed E-state index contributed by atoms with van der Waals surface area (Å²) in [5.41, 5.74) is 6.50. The van der Waals surface area contributed by atoms with Crippen molar-refractivity contribution in [3.8, 4) is 5.00 Å². The highest BCUT2D eigenvalue weighted by molar-refractivity contribution is 7.15. The third-order valence-electron chi connectivity index (χ3n) is 7.52. The van der Waals surface area contributed by atoms with Crippen molar-refractivity contribution >= 4 is 17.4 Å². The number of carbonyl (C=O) groups is 1. The van der Waals surface area contributed by atoms with Crippen molar-refractivity contribution in [3.63, 3.8) is 0 Å². The fraction of sp³-hybridized carbons (Fsp3) is 0.444. The van der Waals surface area contributed by atoms with Gasteiger partial charge in [-0.05, 0) is 68.7 Å². The van der Waals surface area contributed by atoms with Crippen molar-refractivity contribution in [1.82, 2.24) is 14.8 Å². The maximum absolute atomic E-state index is 13.8. The molecular formula is C27H31N3OS. The molecule has 2 amide bonds. The second-order valence-electron chi connectivity index (χ2n) is 9.67. The van der Waals surface area contributed by atoms with E-state index in [0.717, 1.165) is 19.3 Å². The van der Waals surface area contributed by atoms with E-state index >= 15 is 0 Å². The first-order valence-electron chi connectivity index (χ1n) is 12.1. The Bertz CT molecular complexity index is 1140. The molecule has 3 aromatic rings. The summed E-state index contributed by atoms with van der Waals surface area (Å²) in [5.74, 6) is 0. The van der Waals surface area contributed by atoms with E-state index in [1.807, 2.05) is 11.3 Å². The summed E-state index contributed by atoms with van der Waals surface area (Å²) in [7, 11) is 0. The van der Waals surface area contributed by atoms with Gasteiger partial charge in [0.05, 0.1) is 18.3 Å². The van der Waals surface area contributed by atoms with Gasteiger partial charge in [-0.25, -0.2) is 4.79 Å². The Kier molecular flexibility index (Phi) is 5.09. The van der Waals surface area contributed by atoms with Gasteiger partial charge in [-0.2, -0.15) is 0 Å². The number of amides is 2. The highest BCUT2D eigenvalue weighted by Crippen LogP contribution is 2.44. The number of nitrogens with zero attached hydrogens (tertiary/aromatic N) is 2. The van der Waals surface area contributed by atoms with Crippen LogP contribution < -0.4 is 5.32 Å². The van der Waals surface area contributed by atoms with E-state index in [1.54, 1.807) is 0 Å². The van der Waals surface area contributed by atoms with E-state index in [2.05, 4.69) is 64.3 Å². The first kappa shape index (κ1) is 20.1. The molecule has 0 radical (unpaired) electrons. The molecule has 1 aromatic carbocycles. The number of carbonyl (C=O) groups excluding carboxylic acids is 1. The van der Waals surface area contributed by atoms with Crippen LogP contribution in [0.5, 0.6) is 0 Å². The number of fused-ring (bicyclic) bond motifs is 5. The van der Waals surface area contributed by atoms with Crippen LogP contribution in [0.25, 0.3) is 5.00 Å². The third-order valence-corrected chi connectivity index (χ3v) is 8.85. The minimum Gasteiger partial charge on any atom is -0.335 e. The molecule has 1 atom stereocenters. The molecule has 4 nitrogen and oxygen atoms in total. The maximum atomic E-state index is 13.8. The average molecular weight is 446 g/mol. The second kappa shape index (κ2) is 8.11. The summed E-state index contributed by atoms with van der Waals surface area (Å²) < 4.78 is 2.37. The molecule has 1 fully saturated rings. The Morgan fingerprint density at radius 2 is 1.78 bits per heavy atom. The van der Waals surface area contributed by atoms with Crippen LogP contribution in [0, 0.1) is 6.92 Å². The standard InChI is InChI=1S/C27H31N3OS/c1-18-12-14-19(15-13-18)25-23-10-6-16-29(23)26-22(21-9-4-5-11-24(21)32-26)17-30(25)27(31)28-20-7-2-3-8-20/h6,10,12-16,20,25H,2-5,7-9,11,17H2,1H3,(H,28,31). The van der Waals surface area contributed by atoms with Gasteiger partial charge in [-0.15, -0.1) is 11.3 Å². The molecule has 1 saturated carbocycles. The summed E-state index contributed by atoms with van der Waals surface area (Å²) in [6.07, 6.45) is 11.7. The van der Waals surface area contributed by atoms with E-state index in [9.17, 15) is 4.79 Å². The molecule has 0 saturated heterocycles. The smallest absolute Gasteiger partial charge is 0.318 e. The quantitative estimate of drug-likeness (QED) is 0.495. The van der Waals surface area contributed by atoms with Gasteiger partial charge in [0.2, 0.25) is 0 Å². The SMILES string of the molecule is Cc1ccc(C2c3cccn3-c3sc4c(c3CN2C(=O)NC2CCCC2)CCCC4)cc1. The third kappa shape index (κ3) is 3.38. The number of nitrogens with one attached hydrogen (secondary N) is 1. The van der Waals surface area contributed by atoms with Gasteiger partial charge < -0.3 is 14.8 Å². The molecule has 0 bridgehead atoms. The van der Waals surface area contributed by atoms with Gasteiger partial charge in [-0.3, -0.25) is 0 Å². The molecule has 1 unspecified atom stereocenters. The molecule has 1 aliphatic heterocycles. The molecule has 1 N–H and O–H groups in total. The fourth-order valence-electron chi connectivity index (χ4n) is 5.81. The van der Waals surface area contributed by atoms with Crippen molar-refractivity contribution in [2.75, 3.05) is 0 Å². The summed E-state index contributed by atoms with van der Waals surface area (Å²) in [5, 5.41) is 4.72. The molecule has 2 aliphatic carbocycles. The zero-order chi connectivity index (χ0) is 21.7. The van der Waals surface area contributed by atoms with Crippen LogP contribution in [0.15, 0.2) is 42.6 Å². The Labute approximate surface area is 194 Å². The van der Waals surface area contributed by atoms with Gasteiger partial charge in [0.15, 0.2) is 0 Å². The van der Waals surface area contributed by atoms with Crippen LogP contribution in [-0.4, -0.2) is 21.5 Å². The monoisotopic (exact) mass is 445 g/mol. The first-order valence-corrected chi connectivity index (χ1v) is 13.0. The zero-order valence-corrected chi connectivity index (χ0v) is 19.6. The van der Waals surface area contributed by atoms with Crippen molar-refractivity contribution in [3.05, 3.63) is 75.4 Å². The van der Waals surface area contributed by atoms with E-state index in [1.165, 1.54) is 69.9 Å². The highest BCUT2D eigenvalue weighted by Gasteiger charge is 2.36. The Balaban J connectivity index is 1.49. The van der Waals surface area contributed by atoms with Crippen LogP contribution in [0.4, 0.5) is 4.79 Å². The number of rotatable bonds is 2. The van der Waals surface area contributed by atoms with Gasteiger partial charge in [0.25, 0.3) is 0 Å². The fourth-order valence-corrected chi connectivity index (χ4v) is 7.22. The minimum absolute atomic E-state index is 0.0823. The molecule has 6 rings (SSSR count). The Morgan fingerprint density at radius 3 is 2.59 bits per heavy atom. The topological polar surface area (TPSA) is 37.3 Å². The summed E-state index contributed by atoms with van der Waals surface area (Å²) in [4.78, 5) is 17.4. The number of aryl methyl sites for hydroxylation is 2. The molecule has 3 aliphatic rings. The zero-order valence-electron chi connectivity index (χ0n) is 18.8. The lowest BCUT2D eigenvalue weighted by Crippen LogP contribution is -2.45. The Hall–Kier alpha value is -2.53.